The van der Waals surface area contributed by atoms with Crippen LogP contribution < -0.4 is 15.8 Å². The van der Waals surface area contributed by atoms with Crippen LogP contribution in [-0.4, -0.2) is 71.7 Å². The van der Waals surface area contributed by atoms with E-state index in [9.17, 15) is 9.59 Å². The first kappa shape index (κ1) is 31.4. The maximum absolute atomic E-state index is 13.7. The molecule has 9 heteroatoms. The van der Waals surface area contributed by atoms with Crippen molar-refractivity contribution in [2.24, 2.45) is 0 Å². The van der Waals surface area contributed by atoms with Gasteiger partial charge in [-0.25, -0.2) is 0 Å². The summed E-state index contributed by atoms with van der Waals surface area (Å²) in [7, 11) is 3.94. The number of ether oxygens (including phenoxy) is 1. The second-order valence-electron chi connectivity index (χ2n) is 11.6. The number of carbonyl (C=O) groups is 1. The molecule has 1 aromatic carbocycles. The molecule has 0 spiro atoms. The van der Waals surface area contributed by atoms with Crippen molar-refractivity contribution < 1.29 is 9.53 Å². The molecule has 1 fully saturated rings. The van der Waals surface area contributed by atoms with Gasteiger partial charge in [-0.1, -0.05) is 0 Å². The number of anilines is 1. The lowest BCUT2D eigenvalue weighted by Crippen LogP contribution is -2.44. The molecule has 0 aliphatic heterocycles. The van der Waals surface area contributed by atoms with Crippen molar-refractivity contribution in [2.75, 3.05) is 38.8 Å². The van der Waals surface area contributed by atoms with E-state index in [-0.39, 0.29) is 18.0 Å². The van der Waals surface area contributed by atoms with Gasteiger partial charge in [-0.15, -0.1) is 0 Å². The van der Waals surface area contributed by atoms with Crippen LogP contribution in [0.5, 0.6) is 0 Å². The number of aromatic nitrogens is 3. The van der Waals surface area contributed by atoms with E-state index >= 15 is 0 Å². The Balaban J connectivity index is 1.64. The summed E-state index contributed by atoms with van der Waals surface area (Å²) in [4.78, 5) is 43.1. The highest BCUT2D eigenvalue weighted by atomic mass is 16.5. The van der Waals surface area contributed by atoms with Crippen molar-refractivity contribution in [3.63, 3.8) is 0 Å². The van der Waals surface area contributed by atoms with Crippen molar-refractivity contribution in [3.8, 4) is 11.3 Å². The lowest BCUT2D eigenvalue weighted by molar-refractivity contribution is 0.0950. The number of benzene rings is 1. The van der Waals surface area contributed by atoms with Gasteiger partial charge in [0.15, 0.2) is 0 Å². The summed E-state index contributed by atoms with van der Waals surface area (Å²) >= 11 is 0. The number of H-pyrrole nitrogens is 1. The molecule has 2 heterocycles. The Hall–Kier alpha value is -3.56. The minimum absolute atomic E-state index is 0.154. The summed E-state index contributed by atoms with van der Waals surface area (Å²) in [5.74, 6) is -0.213. The summed E-state index contributed by atoms with van der Waals surface area (Å²) in [6, 6.07) is 6.91. The Morgan fingerprint density at radius 1 is 1.05 bits per heavy atom. The summed E-state index contributed by atoms with van der Waals surface area (Å²) in [6.07, 6.45) is 7.93. The first-order valence-electron chi connectivity index (χ1n) is 15.0. The maximum Gasteiger partial charge on any atom is 0.253 e. The predicted molar refractivity (Wildman–Crippen MR) is 168 cm³/mol. The van der Waals surface area contributed by atoms with Crippen molar-refractivity contribution in [1.82, 2.24) is 25.2 Å². The van der Waals surface area contributed by atoms with Crippen molar-refractivity contribution >= 4 is 11.6 Å². The van der Waals surface area contributed by atoms with Gasteiger partial charge in [0.1, 0.15) is 0 Å². The molecule has 9 nitrogen and oxygen atoms in total. The average Bonchev–Trinajstić information content (AvgIpc) is 2.97. The number of nitrogens with one attached hydrogen (secondary N) is 2. The van der Waals surface area contributed by atoms with E-state index in [1.807, 2.05) is 39.8 Å². The van der Waals surface area contributed by atoms with Crippen LogP contribution in [0.25, 0.3) is 11.3 Å². The molecule has 3 aromatic rings. The van der Waals surface area contributed by atoms with Gasteiger partial charge in [-0.2, -0.15) is 0 Å². The third-order valence-corrected chi connectivity index (χ3v) is 8.65. The molecule has 1 saturated carbocycles. The molecule has 42 heavy (non-hydrogen) atoms. The Morgan fingerprint density at radius 3 is 2.38 bits per heavy atom. The van der Waals surface area contributed by atoms with Gasteiger partial charge < -0.3 is 24.8 Å². The third kappa shape index (κ3) is 7.25. The molecule has 1 aliphatic carbocycles. The number of rotatable bonds is 11. The molecule has 1 amide bonds. The van der Waals surface area contributed by atoms with E-state index < -0.39 is 0 Å². The van der Waals surface area contributed by atoms with E-state index in [1.54, 1.807) is 19.5 Å². The van der Waals surface area contributed by atoms with Crippen molar-refractivity contribution in [1.29, 1.82) is 0 Å². The maximum atomic E-state index is 13.7. The molecular weight excluding hydrogens is 528 g/mol. The molecule has 0 unspecified atom stereocenters. The van der Waals surface area contributed by atoms with Crippen LogP contribution in [0.2, 0.25) is 0 Å². The van der Waals surface area contributed by atoms with E-state index in [0.29, 0.717) is 23.2 Å². The molecule has 2 aromatic heterocycles. The predicted octanol–water partition coefficient (Wildman–Crippen LogP) is 4.71. The number of aryl methyl sites for hydroxylation is 3. The Labute approximate surface area is 249 Å². The smallest absolute Gasteiger partial charge is 0.253 e. The monoisotopic (exact) mass is 574 g/mol. The molecule has 0 atom stereocenters. The van der Waals surface area contributed by atoms with Crippen LogP contribution in [0.4, 0.5) is 5.69 Å². The fourth-order valence-electron chi connectivity index (χ4n) is 6.14. The SMILES string of the molecule is CCN(c1cc(-c2cnc(C)cn2)cc(C(=O)NCc2c(C)cc(C)[nH]c2=O)c1C)C1CCC(N(C)CCOC)CC1. The lowest BCUT2D eigenvalue weighted by atomic mass is 9.88. The molecule has 2 N–H and O–H groups in total. The summed E-state index contributed by atoms with van der Waals surface area (Å²) in [5, 5.41) is 3.01. The molecule has 0 bridgehead atoms. The standard InChI is InChI=1S/C33H46N6O3/c1-8-39(27-11-9-26(10-12-27)38(6)13-14-42-7)31-17-25(30-20-34-23(4)18-35-30)16-28(24(31)5)32(40)36-19-29-21(2)15-22(3)37-33(29)41/h15-18,20,26-27H,8-14,19H2,1-7H3,(H,36,40)(H,37,41). The van der Waals surface area contributed by atoms with Gasteiger partial charge in [-0.3, -0.25) is 19.6 Å². The Kier molecular flexibility index (Phi) is 10.5. The summed E-state index contributed by atoms with van der Waals surface area (Å²) in [6.45, 7) is 12.5. The minimum atomic E-state index is -0.213. The van der Waals surface area contributed by atoms with Gasteiger partial charge in [0.2, 0.25) is 0 Å². The van der Waals surface area contributed by atoms with Crippen molar-refractivity contribution in [2.45, 2.75) is 78.9 Å². The number of pyridine rings is 1. The van der Waals surface area contributed by atoms with Crippen LogP contribution in [0.15, 0.2) is 35.4 Å². The third-order valence-electron chi connectivity index (χ3n) is 8.65. The first-order valence-corrected chi connectivity index (χ1v) is 15.0. The Morgan fingerprint density at radius 2 is 1.76 bits per heavy atom. The molecule has 1 aliphatic rings. The number of carbonyl (C=O) groups excluding carboxylic acids is 1. The van der Waals surface area contributed by atoms with Crippen LogP contribution >= 0.6 is 0 Å². The number of nitrogens with zero attached hydrogens (tertiary/aromatic N) is 4. The van der Waals surface area contributed by atoms with Crippen LogP contribution in [-0.2, 0) is 11.3 Å². The molecule has 0 radical (unpaired) electrons. The summed E-state index contributed by atoms with van der Waals surface area (Å²) < 4.78 is 5.29. The normalized spacial score (nSPS) is 17.0. The zero-order valence-corrected chi connectivity index (χ0v) is 26.2. The lowest BCUT2D eigenvalue weighted by Gasteiger charge is -2.41. The molecule has 226 valence electrons. The molecular formula is C33H46N6O3. The number of hydrogen-bond donors (Lipinski definition) is 2. The Bertz CT molecular complexity index is 1430. The van der Waals surface area contributed by atoms with Gasteiger partial charge in [0, 0.05) is 73.1 Å². The highest BCUT2D eigenvalue weighted by Gasteiger charge is 2.29. The fourth-order valence-corrected chi connectivity index (χ4v) is 6.14. The van der Waals surface area contributed by atoms with Gasteiger partial charge in [-0.05, 0) is 96.7 Å². The van der Waals surface area contributed by atoms with Gasteiger partial charge in [0.25, 0.3) is 11.5 Å². The molecule has 0 saturated heterocycles. The largest absolute Gasteiger partial charge is 0.383 e. The summed E-state index contributed by atoms with van der Waals surface area (Å²) in [5.41, 5.74) is 7.01. The topological polar surface area (TPSA) is 103 Å². The van der Waals surface area contributed by atoms with Crippen molar-refractivity contribution in [3.05, 3.63) is 74.6 Å². The van der Waals surface area contributed by atoms with E-state index in [1.165, 1.54) is 0 Å². The minimum Gasteiger partial charge on any atom is -0.383 e. The van der Waals surface area contributed by atoms with Crippen LogP contribution in [0.1, 0.15) is 71.0 Å². The zero-order chi connectivity index (χ0) is 30.4. The quantitative estimate of drug-likeness (QED) is 0.342. The average molecular weight is 575 g/mol. The van der Waals surface area contributed by atoms with E-state index in [0.717, 1.165) is 84.8 Å². The highest BCUT2D eigenvalue weighted by molar-refractivity contribution is 5.98. The number of amides is 1. The second-order valence-corrected chi connectivity index (χ2v) is 11.6. The number of methoxy groups -OCH3 is 1. The highest BCUT2D eigenvalue weighted by Crippen LogP contribution is 2.35. The van der Waals surface area contributed by atoms with Gasteiger partial charge in [0.05, 0.1) is 24.2 Å². The zero-order valence-electron chi connectivity index (χ0n) is 26.2. The second kappa shape index (κ2) is 14.1. The number of likely N-dealkylation sites (N-methyl/N-ethyl adjacent to an activating group) is 1. The van der Waals surface area contributed by atoms with E-state index in [4.69, 9.17) is 4.74 Å². The molecule has 4 rings (SSSR count). The number of aromatic amines is 1. The van der Waals surface area contributed by atoms with Crippen LogP contribution in [0, 0.1) is 27.7 Å². The van der Waals surface area contributed by atoms with Crippen LogP contribution in [0.3, 0.4) is 0 Å². The number of hydrogen-bond acceptors (Lipinski definition) is 7. The van der Waals surface area contributed by atoms with Gasteiger partial charge >= 0.3 is 0 Å². The first-order chi connectivity index (χ1) is 20.1. The van der Waals surface area contributed by atoms with E-state index in [2.05, 4.69) is 50.1 Å². The fraction of sp³-hybridized carbons (Fsp3) is 0.515.